The summed E-state index contributed by atoms with van der Waals surface area (Å²) in [6.07, 6.45) is -0.836. The first kappa shape index (κ1) is 17.8. The fourth-order valence-electron chi connectivity index (χ4n) is 2.32. The van der Waals surface area contributed by atoms with Gasteiger partial charge in [0.1, 0.15) is 6.29 Å². The fraction of sp³-hybridized carbons (Fsp3) is 0.588. The van der Waals surface area contributed by atoms with Gasteiger partial charge < -0.3 is 19.7 Å². The number of ether oxygens (including phenoxy) is 1. The van der Waals surface area contributed by atoms with Crippen molar-refractivity contribution in [1.82, 2.24) is 0 Å². The minimum atomic E-state index is -0.839. The molecule has 0 radical (unpaired) electrons. The molecule has 0 aliphatic carbocycles. The summed E-state index contributed by atoms with van der Waals surface area (Å²) in [7, 11) is 0. The second kappa shape index (κ2) is 8.93. The number of aldehydes is 1. The van der Waals surface area contributed by atoms with Crippen molar-refractivity contribution in [3.05, 3.63) is 35.9 Å². The van der Waals surface area contributed by atoms with Gasteiger partial charge in [-0.2, -0.15) is 0 Å². The average Bonchev–Trinajstić information content (AvgIpc) is 2.52. The molecule has 118 valence electrons. The van der Waals surface area contributed by atoms with E-state index in [0.717, 1.165) is 5.56 Å². The fourth-order valence-corrected chi connectivity index (χ4v) is 2.32. The highest BCUT2D eigenvalue weighted by atomic mass is 16.5. The Morgan fingerprint density at radius 1 is 1.10 bits per heavy atom. The zero-order chi connectivity index (χ0) is 15.8. The van der Waals surface area contributed by atoms with E-state index in [2.05, 4.69) is 0 Å². The predicted octanol–water partition coefficient (Wildman–Crippen LogP) is 2.03. The molecule has 1 aromatic rings. The summed E-state index contributed by atoms with van der Waals surface area (Å²) in [5.41, 5.74) is 1.09. The van der Waals surface area contributed by atoms with E-state index in [1.165, 1.54) is 0 Å². The van der Waals surface area contributed by atoms with Crippen LogP contribution in [-0.2, 0) is 16.1 Å². The van der Waals surface area contributed by atoms with Gasteiger partial charge in [-0.15, -0.1) is 0 Å². The smallest absolute Gasteiger partial charge is 0.125 e. The molecule has 0 unspecified atom stereocenters. The summed E-state index contributed by atoms with van der Waals surface area (Å²) in [6.45, 7) is 6.19. The molecule has 1 aromatic carbocycles. The number of hydrogen-bond donors (Lipinski definition) is 2. The summed E-state index contributed by atoms with van der Waals surface area (Å²) in [5.74, 6) is -0.968. The summed E-state index contributed by atoms with van der Waals surface area (Å²) in [6, 6.07) is 9.83. The SMILES string of the molecule is C[C@@H]([C@@H](O)[C@H](C)C=O)[C@@H](O)[C@@H](C)COCc1ccccc1. The Kier molecular flexibility index (Phi) is 7.57. The van der Waals surface area contributed by atoms with Crippen LogP contribution in [0.5, 0.6) is 0 Å². The Morgan fingerprint density at radius 3 is 2.29 bits per heavy atom. The van der Waals surface area contributed by atoms with Crippen molar-refractivity contribution in [3.63, 3.8) is 0 Å². The van der Waals surface area contributed by atoms with Crippen LogP contribution in [0.4, 0.5) is 0 Å². The van der Waals surface area contributed by atoms with Gasteiger partial charge in [0.2, 0.25) is 0 Å². The van der Waals surface area contributed by atoms with Crippen LogP contribution >= 0.6 is 0 Å². The lowest BCUT2D eigenvalue weighted by atomic mass is 9.85. The van der Waals surface area contributed by atoms with Gasteiger partial charge in [0, 0.05) is 17.8 Å². The molecule has 5 atom stereocenters. The standard InChI is InChI=1S/C17H26O4/c1-12(9-18)16(19)14(3)17(20)13(2)10-21-11-15-7-5-4-6-8-15/h4-9,12-14,16-17,19-20H,10-11H2,1-3H3/t12-,13+,14+,16+,17+/m1/s1. The number of rotatable bonds is 9. The molecule has 0 bridgehead atoms. The number of carbonyl (C=O) groups is 1. The minimum absolute atomic E-state index is 0.114. The van der Waals surface area contributed by atoms with Crippen molar-refractivity contribution in [2.75, 3.05) is 6.61 Å². The molecule has 4 nitrogen and oxygen atoms in total. The highest BCUT2D eigenvalue weighted by Gasteiger charge is 2.30. The third kappa shape index (κ3) is 5.58. The van der Waals surface area contributed by atoms with Crippen LogP contribution in [0.25, 0.3) is 0 Å². The van der Waals surface area contributed by atoms with Crippen LogP contribution in [-0.4, -0.2) is 35.3 Å². The van der Waals surface area contributed by atoms with E-state index in [0.29, 0.717) is 19.5 Å². The Morgan fingerprint density at radius 2 is 1.71 bits per heavy atom. The molecule has 0 spiro atoms. The van der Waals surface area contributed by atoms with Gasteiger partial charge in [0.15, 0.2) is 0 Å². The lowest BCUT2D eigenvalue weighted by molar-refractivity contribution is -0.117. The van der Waals surface area contributed by atoms with Gasteiger partial charge in [0.25, 0.3) is 0 Å². The van der Waals surface area contributed by atoms with Crippen LogP contribution in [0.15, 0.2) is 30.3 Å². The number of hydrogen-bond acceptors (Lipinski definition) is 4. The Bertz CT molecular complexity index is 407. The van der Waals surface area contributed by atoms with Crippen LogP contribution in [0.2, 0.25) is 0 Å². The lowest BCUT2D eigenvalue weighted by Crippen LogP contribution is -2.39. The maximum absolute atomic E-state index is 10.7. The molecular formula is C17H26O4. The van der Waals surface area contributed by atoms with Crippen molar-refractivity contribution in [2.24, 2.45) is 17.8 Å². The first-order valence-corrected chi connectivity index (χ1v) is 7.40. The van der Waals surface area contributed by atoms with Gasteiger partial charge in [0.05, 0.1) is 25.4 Å². The van der Waals surface area contributed by atoms with Crippen molar-refractivity contribution in [1.29, 1.82) is 0 Å². The van der Waals surface area contributed by atoms with Gasteiger partial charge in [-0.05, 0) is 5.56 Å². The number of aliphatic hydroxyl groups is 2. The summed E-state index contributed by atoms with van der Waals surface area (Å²) < 4.78 is 5.61. The lowest BCUT2D eigenvalue weighted by Gasteiger charge is -2.29. The molecular weight excluding hydrogens is 268 g/mol. The van der Waals surface area contributed by atoms with E-state index in [-0.39, 0.29) is 11.8 Å². The molecule has 0 saturated heterocycles. The second-order valence-electron chi connectivity index (χ2n) is 5.81. The van der Waals surface area contributed by atoms with Gasteiger partial charge in [-0.3, -0.25) is 0 Å². The Balaban J connectivity index is 2.40. The van der Waals surface area contributed by atoms with Gasteiger partial charge in [-0.25, -0.2) is 0 Å². The molecule has 0 aliphatic rings. The quantitative estimate of drug-likeness (QED) is 0.684. The van der Waals surface area contributed by atoms with Crippen molar-refractivity contribution < 1.29 is 19.7 Å². The zero-order valence-corrected chi connectivity index (χ0v) is 13.0. The van der Waals surface area contributed by atoms with Gasteiger partial charge in [-0.1, -0.05) is 51.1 Å². The molecule has 0 fully saturated rings. The van der Waals surface area contributed by atoms with Crippen LogP contribution < -0.4 is 0 Å². The summed E-state index contributed by atoms with van der Waals surface area (Å²) in [4.78, 5) is 10.7. The topological polar surface area (TPSA) is 66.8 Å². The van der Waals surface area contributed by atoms with Crippen LogP contribution in [0.1, 0.15) is 26.3 Å². The van der Waals surface area contributed by atoms with E-state index in [9.17, 15) is 15.0 Å². The van der Waals surface area contributed by atoms with Crippen LogP contribution in [0, 0.1) is 17.8 Å². The maximum Gasteiger partial charge on any atom is 0.125 e. The minimum Gasteiger partial charge on any atom is -0.392 e. The number of aliphatic hydroxyl groups excluding tert-OH is 2. The molecule has 0 saturated carbocycles. The molecule has 2 N–H and O–H groups in total. The molecule has 0 aromatic heterocycles. The van der Waals surface area contributed by atoms with Crippen molar-refractivity contribution >= 4 is 6.29 Å². The monoisotopic (exact) mass is 294 g/mol. The summed E-state index contributed by atoms with van der Waals surface area (Å²) >= 11 is 0. The first-order chi connectivity index (χ1) is 9.97. The third-order valence-corrected chi connectivity index (χ3v) is 3.91. The zero-order valence-electron chi connectivity index (χ0n) is 13.0. The maximum atomic E-state index is 10.7. The summed E-state index contributed by atoms with van der Waals surface area (Å²) in [5, 5.41) is 20.2. The Labute approximate surface area is 126 Å². The normalized spacial score (nSPS) is 18.5. The molecule has 4 heteroatoms. The largest absolute Gasteiger partial charge is 0.392 e. The van der Waals surface area contributed by atoms with E-state index < -0.39 is 18.1 Å². The molecule has 0 aliphatic heterocycles. The van der Waals surface area contributed by atoms with E-state index in [1.54, 1.807) is 13.8 Å². The number of carbonyl (C=O) groups excluding carboxylic acids is 1. The van der Waals surface area contributed by atoms with E-state index in [4.69, 9.17) is 4.74 Å². The predicted molar refractivity (Wildman–Crippen MR) is 81.7 cm³/mol. The van der Waals surface area contributed by atoms with E-state index >= 15 is 0 Å². The van der Waals surface area contributed by atoms with E-state index in [1.807, 2.05) is 37.3 Å². The highest BCUT2D eigenvalue weighted by Crippen LogP contribution is 2.21. The van der Waals surface area contributed by atoms with Crippen LogP contribution in [0.3, 0.4) is 0 Å². The van der Waals surface area contributed by atoms with Gasteiger partial charge >= 0.3 is 0 Å². The molecule has 21 heavy (non-hydrogen) atoms. The highest BCUT2D eigenvalue weighted by molar-refractivity contribution is 5.53. The second-order valence-corrected chi connectivity index (χ2v) is 5.81. The van der Waals surface area contributed by atoms with Crippen molar-refractivity contribution in [2.45, 2.75) is 39.6 Å². The first-order valence-electron chi connectivity index (χ1n) is 7.40. The molecule has 0 heterocycles. The number of benzene rings is 1. The van der Waals surface area contributed by atoms with Crippen molar-refractivity contribution in [3.8, 4) is 0 Å². The molecule has 1 rings (SSSR count). The average molecular weight is 294 g/mol. The third-order valence-electron chi connectivity index (χ3n) is 3.91. The molecule has 0 amide bonds. The Hall–Kier alpha value is -1.23.